The minimum absolute atomic E-state index is 0.0369. The monoisotopic (exact) mass is 292 g/mol. The molecule has 0 amide bonds. The largest absolute Gasteiger partial charge is 0.442 e. The summed E-state index contributed by atoms with van der Waals surface area (Å²) in [5.41, 5.74) is 2.92. The SMILES string of the molecule is Cc1cc(C)c2c(c1)O[C@H]([NH+]1CCOCC1)C(C)(C)[C@H]2O. The van der Waals surface area contributed by atoms with E-state index in [-0.39, 0.29) is 11.6 Å². The van der Waals surface area contributed by atoms with Crippen LogP contribution in [0.4, 0.5) is 0 Å². The summed E-state index contributed by atoms with van der Waals surface area (Å²) in [6.07, 6.45) is -0.535. The van der Waals surface area contributed by atoms with Crippen molar-refractivity contribution in [3.63, 3.8) is 0 Å². The molecule has 2 aliphatic heterocycles. The Balaban J connectivity index is 2.00. The number of hydrogen-bond acceptors (Lipinski definition) is 3. The molecule has 0 bridgehead atoms. The number of ether oxygens (including phenoxy) is 2. The van der Waals surface area contributed by atoms with Crippen molar-refractivity contribution < 1.29 is 19.5 Å². The van der Waals surface area contributed by atoms with E-state index >= 15 is 0 Å². The number of rotatable bonds is 1. The van der Waals surface area contributed by atoms with Gasteiger partial charge in [-0.3, -0.25) is 4.90 Å². The van der Waals surface area contributed by atoms with Gasteiger partial charge >= 0.3 is 0 Å². The molecule has 0 aliphatic carbocycles. The van der Waals surface area contributed by atoms with Crippen molar-refractivity contribution in [2.45, 2.75) is 40.0 Å². The molecule has 116 valence electrons. The summed E-state index contributed by atoms with van der Waals surface area (Å²) in [6.45, 7) is 11.7. The van der Waals surface area contributed by atoms with Gasteiger partial charge in [0.1, 0.15) is 18.8 Å². The van der Waals surface area contributed by atoms with Gasteiger partial charge in [-0.05, 0) is 44.9 Å². The highest BCUT2D eigenvalue weighted by molar-refractivity contribution is 5.46. The molecule has 1 fully saturated rings. The van der Waals surface area contributed by atoms with E-state index < -0.39 is 6.10 Å². The van der Waals surface area contributed by atoms with Crippen LogP contribution in [0.25, 0.3) is 0 Å². The normalized spacial score (nSPS) is 28.8. The molecule has 1 saturated heterocycles. The van der Waals surface area contributed by atoms with Crippen LogP contribution in [0.3, 0.4) is 0 Å². The zero-order valence-electron chi connectivity index (χ0n) is 13.4. The Labute approximate surface area is 126 Å². The Morgan fingerprint density at radius 3 is 2.52 bits per heavy atom. The van der Waals surface area contributed by atoms with Crippen molar-refractivity contribution in [1.29, 1.82) is 0 Å². The molecular formula is C17H26NO3+. The molecular weight excluding hydrogens is 266 g/mol. The van der Waals surface area contributed by atoms with Gasteiger partial charge in [-0.15, -0.1) is 0 Å². The summed E-state index contributed by atoms with van der Waals surface area (Å²) in [6, 6.07) is 4.16. The zero-order chi connectivity index (χ0) is 15.2. The van der Waals surface area contributed by atoms with Gasteiger partial charge in [0.15, 0.2) is 0 Å². The molecule has 2 aliphatic rings. The fourth-order valence-corrected chi connectivity index (χ4v) is 3.69. The highest BCUT2D eigenvalue weighted by Gasteiger charge is 2.50. The Morgan fingerprint density at radius 1 is 1.19 bits per heavy atom. The second-order valence-electron chi connectivity index (χ2n) is 6.99. The van der Waals surface area contributed by atoms with E-state index in [1.54, 1.807) is 0 Å². The number of nitrogens with one attached hydrogen (secondary N) is 1. The summed E-state index contributed by atoms with van der Waals surface area (Å²) in [7, 11) is 0. The molecule has 2 heterocycles. The summed E-state index contributed by atoms with van der Waals surface area (Å²) in [4.78, 5) is 1.37. The minimum Gasteiger partial charge on any atom is -0.442 e. The number of quaternary nitrogens is 1. The van der Waals surface area contributed by atoms with Gasteiger partial charge in [-0.1, -0.05) is 6.07 Å². The zero-order valence-corrected chi connectivity index (χ0v) is 13.4. The van der Waals surface area contributed by atoms with E-state index in [4.69, 9.17) is 9.47 Å². The molecule has 2 N–H and O–H groups in total. The number of benzene rings is 1. The second kappa shape index (κ2) is 5.27. The summed E-state index contributed by atoms with van der Waals surface area (Å²) < 4.78 is 11.8. The molecule has 4 nitrogen and oxygen atoms in total. The molecule has 21 heavy (non-hydrogen) atoms. The van der Waals surface area contributed by atoms with E-state index in [0.717, 1.165) is 43.2 Å². The Morgan fingerprint density at radius 2 is 1.86 bits per heavy atom. The van der Waals surface area contributed by atoms with E-state index in [0.29, 0.717) is 0 Å². The van der Waals surface area contributed by atoms with E-state index in [1.807, 2.05) is 6.07 Å². The average Bonchev–Trinajstić information content (AvgIpc) is 2.43. The number of morpholine rings is 1. The third-order valence-electron chi connectivity index (χ3n) is 4.90. The van der Waals surface area contributed by atoms with Gasteiger partial charge in [0, 0.05) is 5.56 Å². The van der Waals surface area contributed by atoms with E-state index in [2.05, 4.69) is 33.8 Å². The molecule has 3 rings (SSSR count). The minimum atomic E-state index is -0.498. The molecule has 0 aromatic heterocycles. The van der Waals surface area contributed by atoms with E-state index in [1.165, 1.54) is 10.5 Å². The van der Waals surface area contributed by atoms with Gasteiger partial charge in [-0.25, -0.2) is 0 Å². The second-order valence-corrected chi connectivity index (χ2v) is 6.99. The van der Waals surface area contributed by atoms with Crippen molar-refractivity contribution in [3.8, 4) is 5.75 Å². The maximum Gasteiger partial charge on any atom is 0.240 e. The van der Waals surface area contributed by atoms with Crippen LogP contribution in [0.2, 0.25) is 0 Å². The fraction of sp³-hybridized carbons (Fsp3) is 0.647. The predicted molar refractivity (Wildman–Crippen MR) is 80.6 cm³/mol. The van der Waals surface area contributed by atoms with Crippen molar-refractivity contribution in [2.75, 3.05) is 26.3 Å². The van der Waals surface area contributed by atoms with Crippen LogP contribution < -0.4 is 9.64 Å². The van der Waals surface area contributed by atoms with Crippen LogP contribution >= 0.6 is 0 Å². The van der Waals surface area contributed by atoms with Crippen LogP contribution in [0.15, 0.2) is 12.1 Å². The number of aliphatic hydroxyl groups is 1. The van der Waals surface area contributed by atoms with Gasteiger partial charge in [-0.2, -0.15) is 0 Å². The quantitative estimate of drug-likeness (QED) is 0.811. The highest BCUT2D eigenvalue weighted by atomic mass is 16.5. The number of aryl methyl sites for hydroxylation is 2. The first kappa shape index (κ1) is 14.8. The lowest BCUT2D eigenvalue weighted by Crippen LogP contribution is -3.20. The van der Waals surface area contributed by atoms with Gasteiger partial charge in [0.2, 0.25) is 6.23 Å². The molecule has 4 heteroatoms. The Bertz CT molecular complexity index is 535. The summed E-state index contributed by atoms with van der Waals surface area (Å²) in [5.74, 6) is 0.850. The van der Waals surface area contributed by atoms with Crippen molar-refractivity contribution in [3.05, 3.63) is 28.8 Å². The van der Waals surface area contributed by atoms with Gasteiger partial charge < -0.3 is 14.6 Å². The standard InChI is InChI=1S/C17H25NO3/c1-11-9-12(2)14-13(10-11)21-16(17(3,4)15(14)19)18-5-7-20-8-6-18/h9-10,15-16,19H,5-8H2,1-4H3/p+1/t15-,16-/m0/s1. The first-order valence-electron chi connectivity index (χ1n) is 7.79. The number of fused-ring (bicyclic) bond motifs is 1. The molecule has 0 spiro atoms. The first-order chi connectivity index (χ1) is 9.91. The molecule has 2 atom stereocenters. The highest BCUT2D eigenvalue weighted by Crippen LogP contribution is 2.46. The Kier molecular flexibility index (Phi) is 3.72. The van der Waals surface area contributed by atoms with Crippen molar-refractivity contribution in [1.82, 2.24) is 0 Å². The number of hydrogen-bond donors (Lipinski definition) is 2. The van der Waals surface area contributed by atoms with Gasteiger partial charge in [0.05, 0.1) is 24.7 Å². The predicted octanol–water partition coefficient (Wildman–Crippen LogP) is 0.997. The smallest absolute Gasteiger partial charge is 0.240 e. The van der Waals surface area contributed by atoms with Crippen molar-refractivity contribution >= 4 is 0 Å². The van der Waals surface area contributed by atoms with Crippen LogP contribution in [0.5, 0.6) is 5.75 Å². The van der Waals surface area contributed by atoms with Crippen LogP contribution in [0.1, 0.15) is 36.6 Å². The lowest BCUT2D eigenvalue weighted by Gasteiger charge is -2.46. The molecule has 0 saturated carbocycles. The maximum atomic E-state index is 10.9. The van der Waals surface area contributed by atoms with Crippen LogP contribution in [0, 0.1) is 19.3 Å². The van der Waals surface area contributed by atoms with Gasteiger partial charge in [0.25, 0.3) is 0 Å². The van der Waals surface area contributed by atoms with Crippen LogP contribution in [-0.4, -0.2) is 37.6 Å². The molecule has 1 aromatic rings. The summed E-state index contributed by atoms with van der Waals surface area (Å²) >= 11 is 0. The third kappa shape index (κ3) is 2.45. The maximum absolute atomic E-state index is 10.9. The lowest BCUT2D eigenvalue weighted by molar-refractivity contribution is -0.960. The topological polar surface area (TPSA) is 43.1 Å². The molecule has 1 aromatic carbocycles. The first-order valence-corrected chi connectivity index (χ1v) is 7.79. The number of aliphatic hydroxyl groups excluding tert-OH is 1. The van der Waals surface area contributed by atoms with Crippen molar-refractivity contribution in [2.24, 2.45) is 5.41 Å². The lowest BCUT2D eigenvalue weighted by atomic mass is 9.76. The van der Waals surface area contributed by atoms with E-state index in [9.17, 15) is 5.11 Å². The Hall–Kier alpha value is -1.10. The van der Waals surface area contributed by atoms with Crippen LogP contribution in [-0.2, 0) is 4.74 Å². The molecule has 0 radical (unpaired) electrons. The fourth-order valence-electron chi connectivity index (χ4n) is 3.69. The molecule has 0 unspecified atom stereocenters. The third-order valence-corrected chi connectivity index (χ3v) is 4.90. The summed E-state index contributed by atoms with van der Waals surface area (Å²) in [5, 5.41) is 10.9. The average molecular weight is 292 g/mol.